The van der Waals surface area contributed by atoms with Gasteiger partial charge in [-0.1, -0.05) is 61.0 Å². The summed E-state index contributed by atoms with van der Waals surface area (Å²) in [6, 6.07) is 25.8. The highest BCUT2D eigenvalue weighted by Crippen LogP contribution is 2.42. The molecule has 4 N–H and O–H groups in total. The fourth-order valence-corrected chi connectivity index (χ4v) is 7.87. The summed E-state index contributed by atoms with van der Waals surface area (Å²) in [5, 5.41) is 20.3. The van der Waals surface area contributed by atoms with Gasteiger partial charge in [-0.2, -0.15) is 11.8 Å². The first-order valence-corrected chi connectivity index (χ1v) is 17.7. The zero-order chi connectivity index (χ0) is 33.8. The molecule has 5 rings (SSSR count). The molecular weight excluding hydrogens is 630 g/mol. The average Bonchev–Trinajstić information content (AvgIpc) is 3.68. The highest BCUT2D eigenvalue weighted by Gasteiger charge is 2.42. The van der Waals surface area contributed by atoms with Gasteiger partial charge >= 0.3 is 6.03 Å². The van der Waals surface area contributed by atoms with Crippen molar-refractivity contribution in [2.24, 2.45) is 0 Å². The van der Waals surface area contributed by atoms with E-state index in [9.17, 15) is 14.7 Å². The molecule has 0 spiro atoms. The van der Waals surface area contributed by atoms with Crippen LogP contribution in [0, 0.1) is 0 Å². The first-order valence-electron chi connectivity index (χ1n) is 16.6. The predicted octanol–water partition coefficient (Wildman–Crippen LogP) is 4.62. The number of rotatable bonds is 19. The van der Waals surface area contributed by atoms with Crippen LogP contribution < -0.4 is 25.4 Å². The molecule has 1 unspecified atom stereocenters. The van der Waals surface area contributed by atoms with Crippen LogP contribution in [0.3, 0.4) is 0 Å². The smallest absolute Gasteiger partial charge is 0.315 e. The summed E-state index contributed by atoms with van der Waals surface area (Å²) in [6.45, 7) is 1.03. The Balaban J connectivity index is 1.07. The van der Waals surface area contributed by atoms with E-state index in [-0.39, 0.29) is 37.2 Å². The summed E-state index contributed by atoms with van der Waals surface area (Å²) in [5.41, 5.74) is 1.66. The Morgan fingerprint density at radius 1 is 0.896 bits per heavy atom. The van der Waals surface area contributed by atoms with Crippen LogP contribution >= 0.6 is 11.8 Å². The number of aliphatic hydroxyl groups is 1. The van der Waals surface area contributed by atoms with Gasteiger partial charge in [-0.15, -0.1) is 0 Å². The molecule has 2 fully saturated rings. The number of carbonyl (C=O) groups is 2. The topological polar surface area (TPSA) is 127 Å². The highest BCUT2D eigenvalue weighted by atomic mass is 32.2. The molecule has 3 aromatic carbocycles. The number of ether oxygens (including phenoxy) is 4. The number of methoxy groups -OCH3 is 2. The Labute approximate surface area is 287 Å². The van der Waals surface area contributed by atoms with Crippen molar-refractivity contribution >= 4 is 23.7 Å². The third kappa shape index (κ3) is 9.02. The van der Waals surface area contributed by atoms with Gasteiger partial charge in [0, 0.05) is 30.6 Å². The minimum absolute atomic E-state index is 0.0212. The second-order valence-electron chi connectivity index (χ2n) is 12.1. The molecule has 4 atom stereocenters. The van der Waals surface area contributed by atoms with Gasteiger partial charge < -0.3 is 40.0 Å². The van der Waals surface area contributed by atoms with Crippen molar-refractivity contribution in [3.05, 3.63) is 95.6 Å². The number of urea groups is 1. The molecule has 3 amide bonds. The van der Waals surface area contributed by atoms with Gasteiger partial charge in [0.25, 0.3) is 0 Å². The largest absolute Gasteiger partial charge is 0.497 e. The first kappa shape index (κ1) is 35.5. The van der Waals surface area contributed by atoms with Crippen LogP contribution in [0.15, 0.2) is 78.9 Å². The third-order valence-electron chi connectivity index (χ3n) is 8.84. The monoisotopic (exact) mass is 677 g/mol. The summed E-state index contributed by atoms with van der Waals surface area (Å²) in [5.74, 6) is 2.44. The molecule has 2 saturated heterocycles. The van der Waals surface area contributed by atoms with E-state index in [1.165, 1.54) is 0 Å². The Bertz CT molecular complexity index is 1390. The predicted molar refractivity (Wildman–Crippen MR) is 187 cm³/mol. The van der Waals surface area contributed by atoms with Gasteiger partial charge in [0.2, 0.25) is 5.91 Å². The van der Waals surface area contributed by atoms with E-state index < -0.39 is 11.7 Å². The van der Waals surface area contributed by atoms with Crippen molar-refractivity contribution in [2.45, 2.75) is 61.1 Å². The molecule has 0 radical (unpaired) electrons. The summed E-state index contributed by atoms with van der Waals surface area (Å²) >= 11 is 1.90. The zero-order valence-electron chi connectivity index (χ0n) is 27.7. The summed E-state index contributed by atoms with van der Waals surface area (Å²) in [7, 11) is 3.27. The highest BCUT2D eigenvalue weighted by molar-refractivity contribution is 8.00. The van der Waals surface area contributed by atoms with Crippen molar-refractivity contribution < 1.29 is 33.6 Å². The van der Waals surface area contributed by atoms with Crippen LogP contribution in [0.25, 0.3) is 0 Å². The maximum Gasteiger partial charge on any atom is 0.315 e. The van der Waals surface area contributed by atoms with Crippen molar-refractivity contribution in [3.63, 3.8) is 0 Å². The minimum atomic E-state index is -1.02. The van der Waals surface area contributed by atoms with Crippen molar-refractivity contribution in [3.8, 4) is 11.5 Å². The Hall–Kier alpha value is -3.77. The standard InChI is InChI=1S/C37H47N3O7S/c1-44-30-17-13-27(14-18-30)37(26-9-4-3-5-10-26,28-15-19-31(45-2)20-16-28)47-24-29(41)23-46-22-8-21-38-34(42)12-7-6-11-33-35-32(25-48-33)39-36(43)40-35/h3-5,9-10,13-20,29,32-33,35,41H,6-8,11-12,21-25H2,1-2H3,(H,38,42)(H2,39,40,43)/t29?,32-,33-,35-/m0/s1. The molecule has 0 aliphatic carbocycles. The maximum atomic E-state index is 12.3. The van der Waals surface area contributed by atoms with E-state index >= 15 is 0 Å². The van der Waals surface area contributed by atoms with Gasteiger partial charge in [0.1, 0.15) is 23.2 Å². The summed E-state index contributed by atoms with van der Waals surface area (Å²) in [6.07, 6.45) is 3.02. The van der Waals surface area contributed by atoms with E-state index in [0.29, 0.717) is 31.2 Å². The third-order valence-corrected chi connectivity index (χ3v) is 10.4. The number of amides is 3. The lowest BCUT2D eigenvalue weighted by molar-refractivity contribution is -0.121. The van der Waals surface area contributed by atoms with E-state index in [1.54, 1.807) is 14.2 Å². The number of fused-ring (bicyclic) bond motifs is 1. The van der Waals surface area contributed by atoms with Gasteiger partial charge in [-0.3, -0.25) is 4.79 Å². The van der Waals surface area contributed by atoms with Crippen LogP contribution in [-0.4, -0.2) is 86.8 Å². The number of carbonyl (C=O) groups excluding carboxylic acids is 2. The number of aliphatic hydroxyl groups excluding tert-OH is 1. The van der Waals surface area contributed by atoms with Crippen molar-refractivity contribution in [1.29, 1.82) is 0 Å². The number of nitrogens with one attached hydrogen (secondary N) is 3. The molecule has 0 saturated carbocycles. The Morgan fingerprint density at radius 2 is 1.54 bits per heavy atom. The second kappa shape index (κ2) is 17.6. The quantitative estimate of drug-likeness (QED) is 0.0823. The molecule has 10 nitrogen and oxygen atoms in total. The lowest BCUT2D eigenvalue weighted by Gasteiger charge is -2.36. The van der Waals surface area contributed by atoms with Gasteiger partial charge in [-0.25, -0.2) is 4.79 Å². The number of hydrogen-bond acceptors (Lipinski definition) is 8. The fraction of sp³-hybridized carbons (Fsp3) is 0.459. The molecule has 0 aromatic heterocycles. The van der Waals surface area contributed by atoms with E-state index in [4.69, 9.17) is 18.9 Å². The van der Waals surface area contributed by atoms with Crippen LogP contribution in [0.4, 0.5) is 4.79 Å². The summed E-state index contributed by atoms with van der Waals surface area (Å²) in [4.78, 5) is 23.9. The molecule has 2 aliphatic heterocycles. The Kier molecular flexibility index (Phi) is 13.0. The van der Waals surface area contributed by atoms with Crippen LogP contribution in [0.5, 0.6) is 11.5 Å². The van der Waals surface area contributed by atoms with Gasteiger partial charge in [0.05, 0.1) is 39.5 Å². The average molecular weight is 678 g/mol. The number of hydrogen-bond donors (Lipinski definition) is 4. The minimum Gasteiger partial charge on any atom is -0.497 e. The normalized spacial score (nSPS) is 19.2. The first-order chi connectivity index (χ1) is 23.4. The molecule has 0 bridgehead atoms. The van der Waals surface area contributed by atoms with Gasteiger partial charge in [-0.05, 0) is 60.2 Å². The van der Waals surface area contributed by atoms with Gasteiger partial charge in [0.15, 0.2) is 0 Å². The second-order valence-corrected chi connectivity index (χ2v) is 13.4. The molecular formula is C37H47N3O7S. The lowest BCUT2D eigenvalue weighted by atomic mass is 9.80. The zero-order valence-corrected chi connectivity index (χ0v) is 28.5. The number of thioether (sulfide) groups is 1. The Morgan fingerprint density at radius 3 is 2.19 bits per heavy atom. The van der Waals surface area contributed by atoms with E-state index in [0.717, 1.165) is 53.2 Å². The molecule has 11 heteroatoms. The maximum absolute atomic E-state index is 12.3. The van der Waals surface area contributed by atoms with E-state index in [1.807, 2.05) is 90.6 Å². The molecule has 2 heterocycles. The van der Waals surface area contributed by atoms with Crippen LogP contribution in [0.2, 0.25) is 0 Å². The molecule has 3 aromatic rings. The number of unbranched alkanes of at least 4 members (excludes halogenated alkanes) is 1. The summed E-state index contributed by atoms with van der Waals surface area (Å²) < 4.78 is 23.3. The van der Waals surface area contributed by atoms with Crippen LogP contribution in [-0.2, 0) is 19.9 Å². The van der Waals surface area contributed by atoms with Crippen molar-refractivity contribution in [1.82, 2.24) is 16.0 Å². The number of benzene rings is 3. The lowest BCUT2D eigenvalue weighted by Crippen LogP contribution is -2.37. The van der Waals surface area contributed by atoms with E-state index in [2.05, 4.69) is 16.0 Å². The fourth-order valence-electron chi connectivity index (χ4n) is 6.33. The molecule has 48 heavy (non-hydrogen) atoms. The molecule has 2 aliphatic rings. The molecule has 258 valence electrons. The SMILES string of the molecule is COc1ccc(C(OCC(O)COCCCNC(=O)CCCC[C@@H]2SC[C@@H]3NC(=O)N[C@@H]32)(c2ccccc2)c2ccc(OC)cc2)cc1. The van der Waals surface area contributed by atoms with Crippen LogP contribution in [0.1, 0.15) is 48.8 Å². The van der Waals surface area contributed by atoms with Crippen molar-refractivity contribution in [2.75, 3.05) is 46.3 Å².